The van der Waals surface area contributed by atoms with Crippen molar-refractivity contribution in [2.45, 2.75) is 27.7 Å². The summed E-state index contributed by atoms with van der Waals surface area (Å²) < 4.78 is 5.37. The van der Waals surface area contributed by atoms with Gasteiger partial charge in [-0.1, -0.05) is 29.4 Å². The number of hydrogen-bond donors (Lipinski definition) is 1. The van der Waals surface area contributed by atoms with E-state index in [1.807, 2.05) is 19.2 Å². The molecule has 0 aliphatic carbocycles. The molecule has 5 nitrogen and oxygen atoms in total. The third kappa shape index (κ3) is 3.63. The van der Waals surface area contributed by atoms with Crippen LogP contribution in [0.25, 0.3) is 22.4 Å². The Hall–Kier alpha value is -3.12. The van der Waals surface area contributed by atoms with E-state index in [9.17, 15) is 0 Å². The van der Waals surface area contributed by atoms with Crippen LogP contribution in [-0.4, -0.2) is 16.7 Å². The number of nitrogen functional groups attached to an aromatic ring is 1. The van der Waals surface area contributed by atoms with Crippen LogP contribution in [0.4, 0.5) is 16.5 Å². The largest absolute Gasteiger partial charge is 0.375 e. The average molecular weight is 405 g/mol. The molecule has 0 radical (unpaired) electrons. The van der Waals surface area contributed by atoms with E-state index in [2.05, 4.69) is 71.4 Å². The number of anilines is 3. The van der Waals surface area contributed by atoms with Crippen LogP contribution in [0.3, 0.4) is 0 Å². The van der Waals surface area contributed by atoms with Crippen LogP contribution in [0.15, 0.2) is 52.4 Å². The number of nitrogens with zero attached hydrogens (tertiary/aromatic N) is 3. The summed E-state index contributed by atoms with van der Waals surface area (Å²) in [6, 6.07) is 15.0. The average Bonchev–Trinajstić information content (AvgIpc) is 3.30. The molecule has 2 aromatic heterocycles. The van der Waals surface area contributed by atoms with Gasteiger partial charge in [-0.3, -0.25) is 0 Å². The Balaban J connectivity index is 1.71. The highest BCUT2D eigenvalue weighted by atomic mass is 32.1. The van der Waals surface area contributed by atoms with E-state index in [1.54, 1.807) is 0 Å². The molecule has 0 atom stereocenters. The summed E-state index contributed by atoms with van der Waals surface area (Å²) in [5, 5.41) is 6.68. The Morgan fingerprint density at radius 2 is 1.76 bits per heavy atom. The van der Waals surface area contributed by atoms with Crippen LogP contribution < -0.4 is 10.6 Å². The first kappa shape index (κ1) is 19.2. The number of nitrogens with two attached hydrogens (primary N) is 1. The third-order valence-electron chi connectivity index (χ3n) is 5.13. The first-order chi connectivity index (χ1) is 14.0. The predicted octanol–water partition coefficient (Wildman–Crippen LogP) is 6.13. The molecule has 2 aromatic carbocycles. The number of rotatable bonds is 5. The molecule has 0 saturated carbocycles. The quantitative estimate of drug-likeness (QED) is 0.433. The second kappa shape index (κ2) is 7.72. The molecule has 4 aromatic rings. The summed E-state index contributed by atoms with van der Waals surface area (Å²) in [4.78, 5) is 6.69. The monoisotopic (exact) mass is 404 g/mol. The summed E-state index contributed by atoms with van der Waals surface area (Å²) in [7, 11) is 0. The Kier molecular flexibility index (Phi) is 5.11. The highest BCUT2D eigenvalue weighted by Gasteiger charge is 2.16. The van der Waals surface area contributed by atoms with Crippen molar-refractivity contribution in [3.8, 4) is 22.4 Å². The molecule has 148 valence electrons. The molecular formula is C23H24N4OS. The smallest absolute Gasteiger partial charge is 0.180 e. The fourth-order valence-corrected chi connectivity index (χ4v) is 4.25. The van der Waals surface area contributed by atoms with Crippen molar-refractivity contribution < 1.29 is 4.52 Å². The van der Waals surface area contributed by atoms with Gasteiger partial charge < -0.3 is 15.2 Å². The first-order valence-corrected chi connectivity index (χ1v) is 10.5. The van der Waals surface area contributed by atoms with E-state index in [0.29, 0.717) is 5.13 Å². The molecule has 0 fully saturated rings. The summed E-state index contributed by atoms with van der Waals surface area (Å²) >= 11 is 1.46. The van der Waals surface area contributed by atoms with E-state index in [0.717, 1.165) is 46.1 Å². The lowest BCUT2D eigenvalue weighted by Crippen LogP contribution is -2.17. The predicted molar refractivity (Wildman–Crippen MR) is 121 cm³/mol. The fourth-order valence-electron chi connectivity index (χ4n) is 3.68. The summed E-state index contributed by atoms with van der Waals surface area (Å²) in [5.74, 6) is 0.840. The van der Waals surface area contributed by atoms with Crippen molar-refractivity contribution in [3.05, 3.63) is 64.9 Å². The van der Waals surface area contributed by atoms with Gasteiger partial charge in [-0.25, -0.2) is 4.98 Å². The summed E-state index contributed by atoms with van der Waals surface area (Å²) in [5.41, 5.74) is 14.4. The molecule has 0 saturated heterocycles. The highest BCUT2D eigenvalue weighted by molar-refractivity contribution is 7.13. The maximum Gasteiger partial charge on any atom is 0.180 e. The number of aryl methyl sites for hydroxylation is 3. The van der Waals surface area contributed by atoms with Crippen LogP contribution in [-0.2, 0) is 0 Å². The standard InChI is InChI=1S/C23H24N4OS/c1-5-27(19-10-8-17(9-11-19)20-13-29-23(24)25-20)21-12-18(7-6-14(21)2)22-15(3)26-28-16(22)4/h6-13H,5H2,1-4H3,(H2,24,25). The topological polar surface area (TPSA) is 68.2 Å². The van der Waals surface area contributed by atoms with E-state index in [-0.39, 0.29) is 0 Å². The number of hydrogen-bond acceptors (Lipinski definition) is 6. The van der Waals surface area contributed by atoms with Gasteiger partial charge in [-0.15, -0.1) is 11.3 Å². The maximum absolute atomic E-state index is 5.77. The molecule has 2 N–H and O–H groups in total. The van der Waals surface area contributed by atoms with Gasteiger partial charge >= 0.3 is 0 Å². The van der Waals surface area contributed by atoms with Crippen molar-refractivity contribution in [2.75, 3.05) is 17.2 Å². The van der Waals surface area contributed by atoms with Crippen molar-refractivity contribution in [3.63, 3.8) is 0 Å². The van der Waals surface area contributed by atoms with Crippen LogP contribution in [0.5, 0.6) is 0 Å². The normalized spacial score (nSPS) is 11.0. The summed E-state index contributed by atoms with van der Waals surface area (Å²) in [6.45, 7) is 9.09. The van der Waals surface area contributed by atoms with E-state index >= 15 is 0 Å². The van der Waals surface area contributed by atoms with Crippen molar-refractivity contribution in [2.24, 2.45) is 0 Å². The third-order valence-corrected chi connectivity index (χ3v) is 5.81. The van der Waals surface area contributed by atoms with E-state index in [4.69, 9.17) is 10.3 Å². The molecule has 0 aliphatic heterocycles. The zero-order chi connectivity index (χ0) is 20.5. The Labute approximate surface area is 174 Å². The Morgan fingerprint density at radius 1 is 1.03 bits per heavy atom. The minimum Gasteiger partial charge on any atom is -0.375 e. The van der Waals surface area contributed by atoms with Crippen LogP contribution in [0, 0.1) is 20.8 Å². The molecule has 0 aliphatic rings. The SMILES string of the molecule is CCN(c1ccc(-c2csc(N)n2)cc1)c1cc(-c2c(C)noc2C)ccc1C. The van der Waals surface area contributed by atoms with E-state index in [1.165, 1.54) is 22.6 Å². The molecule has 0 spiro atoms. The molecule has 0 unspecified atom stereocenters. The molecule has 2 heterocycles. The van der Waals surface area contributed by atoms with Gasteiger partial charge in [-0.05, 0) is 57.0 Å². The van der Waals surface area contributed by atoms with Gasteiger partial charge in [0.15, 0.2) is 5.13 Å². The molecule has 0 amide bonds. The first-order valence-electron chi connectivity index (χ1n) is 9.60. The van der Waals surface area contributed by atoms with E-state index < -0.39 is 0 Å². The Morgan fingerprint density at radius 3 is 2.34 bits per heavy atom. The van der Waals surface area contributed by atoms with Gasteiger partial charge in [-0.2, -0.15) is 0 Å². The van der Waals surface area contributed by atoms with Gasteiger partial charge in [0.05, 0.1) is 11.4 Å². The van der Waals surface area contributed by atoms with Gasteiger partial charge in [0, 0.05) is 34.4 Å². The van der Waals surface area contributed by atoms with Crippen molar-refractivity contribution in [1.82, 2.24) is 10.1 Å². The Bertz CT molecular complexity index is 1120. The van der Waals surface area contributed by atoms with Gasteiger partial charge in [0.1, 0.15) is 5.76 Å². The lowest BCUT2D eigenvalue weighted by molar-refractivity contribution is 0.393. The maximum atomic E-state index is 5.77. The number of aromatic nitrogens is 2. The minimum absolute atomic E-state index is 0.589. The molecule has 0 bridgehead atoms. The summed E-state index contributed by atoms with van der Waals surface area (Å²) in [6.07, 6.45) is 0. The van der Waals surface area contributed by atoms with Crippen LogP contribution >= 0.6 is 11.3 Å². The lowest BCUT2D eigenvalue weighted by Gasteiger charge is -2.26. The van der Waals surface area contributed by atoms with Crippen LogP contribution in [0.2, 0.25) is 0 Å². The minimum atomic E-state index is 0.589. The van der Waals surface area contributed by atoms with Crippen molar-refractivity contribution >= 4 is 27.8 Å². The highest BCUT2D eigenvalue weighted by Crippen LogP contribution is 2.35. The van der Waals surface area contributed by atoms with Crippen molar-refractivity contribution in [1.29, 1.82) is 0 Å². The van der Waals surface area contributed by atoms with Crippen LogP contribution in [0.1, 0.15) is 23.9 Å². The molecule has 29 heavy (non-hydrogen) atoms. The number of benzene rings is 2. The zero-order valence-electron chi connectivity index (χ0n) is 17.1. The lowest BCUT2D eigenvalue weighted by atomic mass is 10.0. The zero-order valence-corrected chi connectivity index (χ0v) is 17.9. The molecule has 4 rings (SSSR count). The second-order valence-corrected chi connectivity index (χ2v) is 7.95. The fraction of sp³-hybridized carbons (Fsp3) is 0.217. The second-order valence-electron chi connectivity index (χ2n) is 7.06. The number of thiazole rings is 1. The molecular weight excluding hydrogens is 380 g/mol. The van der Waals surface area contributed by atoms with Gasteiger partial charge in [0.25, 0.3) is 0 Å². The molecule has 6 heteroatoms. The van der Waals surface area contributed by atoms with Gasteiger partial charge in [0.2, 0.25) is 0 Å².